The van der Waals surface area contributed by atoms with Crippen LogP contribution in [0.1, 0.15) is 29.6 Å². The lowest BCUT2D eigenvalue weighted by atomic mass is 10.1. The summed E-state index contributed by atoms with van der Waals surface area (Å²) in [7, 11) is 0. The van der Waals surface area contributed by atoms with E-state index in [4.69, 9.17) is 5.73 Å². The number of rotatable bonds is 3. The van der Waals surface area contributed by atoms with Crippen molar-refractivity contribution < 1.29 is 4.79 Å². The molecule has 2 rings (SSSR count). The minimum atomic E-state index is -0.110. The van der Waals surface area contributed by atoms with Gasteiger partial charge < -0.3 is 11.1 Å². The molecule has 86 valence electrons. The number of hydrogen-bond donors (Lipinski definition) is 2. The lowest BCUT2D eigenvalue weighted by molar-refractivity contribution is 0.0946. The van der Waals surface area contributed by atoms with E-state index in [1.54, 1.807) is 0 Å². The first-order valence-electron chi connectivity index (χ1n) is 5.54. The standard InChI is InChI=1S/C11H16N4O/c12-10-2-1-8(3-10)4-15-11(16)9-5-13-7-14-6-9/h5-8,10H,1-4,12H2,(H,15,16). The quantitative estimate of drug-likeness (QED) is 0.769. The molecule has 2 unspecified atom stereocenters. The van der Waals surface area contributed by atoms with Crippen molar-refractivity contribution in [3.8, 4) is 0 Å². The normalized spacial score (nSPS) is 24.3. The summed E-state index contributed by atoms with van der Waals surface area (Å²) in [6.45, 7) is 0.696. The maximum absolute atomic E-state index is 11.7. The zero-order valence-electron chi connectivity index (χ0n) is 9.10. The topological polar surface area (TPSA) is 80.9 Å². The van der Waals surface area contributed by atoms with Gasteiger partial charge in [0.05, 0.1) is 5.56 Å². The molecule has 1 amide bonds. The van der Waals surface area contributed by atoms with Crippen molar-refractivity contribution in [2.45, 2.75) is 25.3 Å². The Morgan fingerprint density at radius 1 is 1.44 bits per heavy atom. The molecule has 1 fully saturated rings. The van der Waals surface area contributed by atoms with Crippen LogP contribution in [0.4, 0.5) is 0 Å². The highest BCUT2D eigenvalue weighted by Gasteiger charge is 2.22. The first kappa shape index (κ1) is 11.0. The van der Waals surface area contributed by atoms with E-state index in [2.05, 4.69) is 15.3 Å². The Morgan fingerprint density at radius 2 is 2.19 bits per heavy atom. The largest absolute Gasteiger partial charge is 0.352 e. The van der Waals surface area contributed by atoms with E-state index in [0.717, 1.165) is 19.3 Å². The van der Waals surface area contributed by atoms with E-state index in [0.29, 0.717) is 24.1 Å². The molecule has 0 aliphatic heterocycles. The smallest absolute Gasteiger partial charge is 0.254 e. The molecule has 0 aromatic carbocycles. The van der Waals surface area contributed by atoms with Crippen molar-refractivity contribution in [3.63, 3.8) is 0 Å². The number of hydrogen-bond acceptors (Lipinski definition) is 4. The van der Waals surface area contributed by atoms with Crippen LogP contribution in [-0.2, 0) is 0 Å². The molecular weight excluding hydrogens is 204 g/mol. The van der Waals surface area contributed by atoms with Gasteiger partial charge in [0, 0.05) is 25.0 Å². The molecule has 0 radical (unpaired) electrons. The van der Waals surface area contributed by atoms with E-state index in [9.17, 15) is 4.79 Å². The molecule has 1 aromatic rings. The zero-order valence-corrected chi connectivity index (χ0v) is 9.10. The molecule has 16 heavy (non-hydrogen) atoms. The fourth-order valence-electron chi connectivity index (χ4n) is 2.05. The second kappa shape index (κ2) is 5.03. The number of amides is 1. The van der Waals surface area contributed by atoms with E-state index in [-0.39, 0.29) is 5.91 Å². The van der Waals surface area contributed by atoms with Gasteiger partial charge in [0.25, 0.3) is 5.91 Å². The third-order valence-electron chi connectivity index (χ3n) is 2.96. The van der Waals surface area contributed by atoms with Crippen LogP contribution >= 0.6 is 0 Å². The summed E-state index contributed by atoms with van der Waals surface area (Å²) in [5.41, 5.74) is 6.31. The van der Waals surface area contributed by atoms with Crippen LogP contribution in [0.2, 0.25) is 0 Å². The summed E-state index contributed by atoms with van der Waals surface area (Å²) >= 11 is 0. The van der Waals surface area contributed by atoms with Gasteiger partial charge in [-0.3, -0.25) is 4.79 Å². The van der Waals surface area contributed by atoms with Gasteiger partial charge in [-0.15, -0.1) is 0 Å². The van der Waals surface area contributed by atoms with Gasteiger partial charge >= 0.3 is 0 Å². The highest BCUT2D eigenvalue weighted by molar-refractivity contribution is 5.93. The first-order valence-corrected chi connectivity index (χ1v) is 5.54. The van der Waals surface area contributed by atoms with Gasteiger partial charge in [-0.1, -0.05) is 0 Å². The van der Waals surface area contributed by atoms with Crippen molar-refractivity contribution >= 4 is 5.91 Å². The highest BCUT2D eigenvalue weighted by atomic mass is 16.1. The molecular formula is C11H16N4O. The van der Waals surface area contributed by atoms with Crippen molar-refractivity contribution in [1.29, 1.82) is 0 Å². The number of aromatic nitrogens is 2. The Morgan fingerprint density at radius 3 is 2.81 bits per heavy atom. The Kier molecular flexibility index (Phi) is 3.46. The summed E-state index contributed by atoms with van der Waals surface area (Å²) in [6, 6.07) is 0.307. The van der Waals surface area contributed by atoms with Gasteiger partial charge in [0.1, 0.15) is 6.33 Å². The van der Waals surface area contributed by atoms with Gasteiger partial charge in [-0.05, 0) is 25.2 Å². The maximum Gasteiger partial charge on any atom is 0.254 e. The number of carbonyl (C=O) groups is 1. The molecule has 1 heterocycles. The maximum atomic E-state index is 11.7. The predicted octanol–water partition coefficient (Wildman–Crippen LogP) is 0.334. The van der Waals surface area contributed by atoms with Crippen LogP contribution < -0.4 is 11.1 Å². The van der Waals surface area contributed by atoms with Gasteiger partial charge in [-0.25, -0.2) is 9.97 Å². The fraction of sp³-hybridized carbons (Fsp3) is 0.545. The fourth-order valence-corrected chi connectivity index (χ4v) is 2.05. The van der Waals surface area contributed by atoms with Gasteiger partial charge in [0.2, 0.25) is 0 Å². The van der Waals surface area contributed by atoms with Crippen LogP contribution in [0.3, 0.4) is 0 Å². The summed E-state index contributed by atoms with van der Waals surface area (Å²) in [5.74, 6) is 0.407. The van der Waals surface area contributed by atoms with Crippen LogP contribution in [0, 0.1) is 5.92 Å². The van der Waals surface area contributed by atoms with Gasteiger partial charge in [0.15, 0.2) is 0 Å². The molecule has 1 aliphatic carbocycles. The Balaban J connectivity index is 1.80. The molecule has 1 aromatic heterocycles. The minimum absolute atomic E-state index is 0.110. The van der Waals surface area contributed by atoms with Crippen molar-refractivity contribution in [2.24, 2.45) is 11.7 Å². The van der Waals surface area contributed by atoms with E-state index in [1.807, 2.05) is 0 Å². The van der Waals surface area contributed by atoms with Crippen LogP contribution in [-0.4, -0.2) is 28.5 Å². The predicted molar refractivity (Wildman–Crippen MR) is 59.7 cm³/mol. The average molecular weight is 220 g/mol. The summed E-state index contributed by atoms with van der Waals surface area (Å²) in [5, 5.41) is 2.89. The zero-order chi connectivity index (χ0) is 11.4. The molecule has 1 aliphatic rings. The van der Waals surface area contributed by atoms with Crippen molar-refractivity contribution in [1.82, 2.24) is 15.3 Å². The van der Waals surface area contributed by atoms with Crippen molar-refractivity contribution in [3.05, 3.63) is 24.3 Å². The second-order valence-corrected chi connectivity index (χ2v) is 4.28. The Hall–Kier alpha value is -1.49. The van der Waals surface area contributed by atoms with E-state index >= 15 is 0 Å². The molecule has 3 N–H and O–H groups in total. The molecule has 5 heteroatoms. The van der Waals surface area contributed by atoms with Crippen molar-refractivity contribution in [2.75, 3.05) is 6.54 Å². The first-order chi connectivity index (χ1) is 7.75. The summed E-state index contributed by atoms with van der Waals surface area (Å²) in [4.78, 5) is 19.3. The molecule has 5 nitrogen and oxygen atoms in total. The Labute approximate surface area is 94.5 Å². The SMILES string of the molecule is NC1CCC(CNC(=O)c2cncnc2)C1. The van der Waals surface area contributed by atoms with E-state index in [1.165, 1.54) is 18.7 Å². The minimum Gasteiger partial charge on any atom is -0.352 e. The molecule has 2 atom stereocenters. The number of carbonyl (C=O) groups excluding carboxylic acids is 1. The highest BCUT2D eigenvalue weighted by Crippen LogP contribution is 2.23. The molecule has 0 bridgehead atoms. The number of nitrogens with zero attached hydrogens (tertiary/aromatic N) is 2. The van der Waals surface area contributed by atoms with Gasteiger partial charge in [-0.2, -0.15) is 0 Å². The van der Waals surface area contributed by atoms with Crippen LogP contribution in [0.5, 0.6) is 0 Å². The lowest BCUT2D eigenvalue weighted by Crippen LogP contribution is -2.29. The molecule has 0 saturated heterocycles. The number of nitrogens with two attached hydrogens (primary N) is 1. The summed E-state index contributed by atoms with van der Waals surface area (Å²) < 4.78 is 0. The summed E-state index contributed by atoms with van der Waals surface area (Å²) in [6.07, 6.45) is 7.62. The second-order valence-electron chi connectivity index (χ2n) is 4.28. The van der Waals surface area contributed by atoms with Crippen LogP contribution in [0.15, 0.2) is 18.7 Å². The Bertz CT molecular complexity index is 354. The third-order valence-corrected chi connectivity index (χ3v) is 2.96. The number of nitrogens with one attached hydrogen (secondary N) is 1. The monoisotopic (exact) mass is 220 g/mol. The van der Waals surface area contributed by atoms with E-state index < -0.39 is 0 Å². The average Bonchev–Trinajstić information content (AvgIpc) is 2.73. The third kappa shape index (κ3) is 2.76. The van der Waals surface area contributed by atoms with Crippen LogP contribution in [0.25, 0.3) is 0 Å². The molecule has 0 spiro atoms. The lowest BCUT2D eigenvalue weighted by Gasteiger charge is -2.10. The molecule has 1 saturated carbocycles.